The molecule has 0 heterocycles. The second-order valence-corrected chi connectivity index (χ2v) is 10.8. The van der Waals surface area contributed by atoms with E-state index in [1.807, 2.05) is 12.1 Å². The second kappa shape index (κ2) is 16.2. The van der Waals surface area contributed by atoms with Crippen molar-refractivity contribution in [1.82, 2.24) is 0 Å². The van der Waals surface area contributed by atoms with Crippen molar-refractivity contribution in [3.63, 3.8) is 0 Å². The van der Waals surface area contributed by atoms with Gasteiger partial charge >= 0.3 is 17.9 Å². The smallest absolute Gasteiger partial charge is 0.323 e. The summed E-state index contributed by atoms with van der Waals surface area (Å²) in [7, 11) is 4.62. The summed E-state index contributed by atoms with van der Waals surface area (Å²) < 4.78 is 39.1. The molecule has 10 heteroatoms. The molecule has 0 N–H and O–H groups in total. The lowest BCUT2D eigenvalue weighted by Crippen LogP contribution is -2.41. The summed E-state index contributed by atoms with van der Waals surface area (Å²) in [4.78, 5) is 39.5. The number of hydrogen-bond donors (Lipinski definition) is 0. The van der Waals surface area contributed by atoms with Crippen molar-refractivity contribution in [2.45, 2.75) is 66.6 Å². The standard InChI is InChI=1S/C33H46O10/c1-10-40-29(34)32(4,5)20-27(22-13-16-24(37-7)17-14-22)43-28(23-15-18-25(38-8)26(19-23)39-9)21-33(6,30(35)41-11-2)31(36)42-12-3/h13-19,27-28H,10-12,20-21H2,1-9H3. The van der Waals surface area contributed by atoms with Gasteiger partial charge in [-0.1, -0.05) is 18.2 Å². The zero-order valence-electron chi connectivity index (χ0n) is 26.8. The van der Waals surface area contributed by atoms with E-state index in [9.17, 15) is 14.4 Å². The third kappa shape index (κ3) is 9.10. The largest absolute Gasteiger partial charge is 0.497 e. The highest BCUT2D eigenvalue weighted by Crippen LogP contribution is 2.44. The number of carbonyl (C=O) groups excluding carboxylic acids is 3. The van der Waals surface area contributed by atoms with Gasteiger partial charge in [-0.15, -0.1) is 0 Å². The van der Waals surface area contributed by atoms with Crippen LogP contribution in [0.5, 0.6) is 17.2 Å². The van der Waals surface area contributed by atoms with Gasteiger partial charge in [0.05, 0.1) is 58.8 Å². The van der Waals surface area contributed by atoms with Gasteiger partial charge < -0.3 is 33.2 Å². The molecule has 0 bridgehead atoms. The minimum atomic E-state index is -1.70. The van der Waals surface area contributed by atoms with Crippen molar-refractivity contribution in [3.8, 4) is 17.2 Å². The lowest BCUT2D eigenvalue weighted by atomic mass is 9.81. The summed E-state index contributed by atoms with van der Waals surface area (Å²) in [5, 5.41) is 0. The molecule has 0 spiro atoms. The molecule has 0 aliphatic heterocycles. The van der Waals surface area contributed by atoms with E-state index < -0.39 is 35.0 Å². The van der Waals surface area contributed by atoms with Gasteiger partial charge in [-0.05, 0) is 83.4 Å². The second-order valence-electron chi connectivity index (χ2n) is 10.8. The molecule has 0 saturated carbocycles. The SMILES string of the molecule is CCOC(=O)C(C)(C)CC(OC(CC(C)(C(=O)OCC)C(=O)OCC)c1ccc(OC)c(OC)c1)c1ccc(OC)cc1. The first kappa shape index (κ1) is 35.4. The molecule has 0 aliphatic rings. The normalized spacial score (nSPS) is 13.0. The summed E-state index contributed by atoms with van der Waals surface area (Å²) in [6, 6.07) is 12.6. The Hall–Kier alpha value is -3.79. The molecule has 2 unspecified atom stereocenters. The molecule has 0 amide bonds. The van der Waals surface area contributed by atoms with E-state index in [-0.39, 0.29) is 38.6 Å². The van der Waals surface area contributed by atoms with Crippen LogP contribution in [-0.2, 0) is 33.3 Å². The maximum absolute atomic E-state index is 13.3. The zero-order valence-corrected chi connectivity index (χ0v) is 26.8. The van der Waals surface area contributed by atoms with Gasteiger partial charge in [0.1, 0.15) is 5.75 Å². The summed E-state index contributed by atoms with van der Waals surface area (Å²) in [6.07, 6.45) is -1.41. The van der Waals surface area contributed by atoms with E-state index in [1.165, 1.54) is 21.1 Å². The van der Waals surface area contributed by atoms with Crippen LogP contribution in [0, 0.1) is 10.8 Å². The van der Waals surface area contributed by atoms with Crippen LogP contribution < -0.4 is 14.2 Å². The molecule has 0 saturated heterocycles. The molecule has 2 aromatic rings. The van der Waals surface area contributed by atoms with Gasteiger partial charge in [-0.2, -0.15) is 0 Å². The Balaban J connectivity index is 2.71. The fraction of sp³-hybridized carbons (Fsp3) is 0.545. The Bertz CT molecular complexity index is 1190. The van der Waals surface area contributed by atoms with E-state index in [1.54, 1.807) is 72.1 Å². The van der Waals surface area contributed by atoms with E-state index in [0.717, 1.165) is 5.56 Å². The van der Waals surface area contributed by atoms with Crippen LogP contribution in [0.2, 0.25) is 0 Å². The number of rotatable bonds is 17. The summed E-state index contributed by atoms with van der Waals surface area (Å²) in [5.41, 5.74) is -1.26. The minimum absolute atomic E-state index is 0.0813. The predicted octanol–water partition coefficient (Wildman–Crippen LogP) is 6.01. The van der Waals surface area contributed by atoms with E-state index in [0.29, 0.717) is 22.8 Å². The minimum Gasteiger partial charge on any atom is -0.497 e. The highest BCUT2D eigenvalue weighted by molar-refractivity contribution is 5.99. The van der Waals surface area contributed by atoms with Crippen molar-refractivity contribution >= 4 is 17.9 Å². The third-order valence-electron chi connectivity index (χ3n) is 7.16. The van der Waals surface area contributed by atoms with Crippen molar-refractivity contribution < 1.29 is 47.5 Å². The third-order valence-corrected chi connectivity index (χ3v) is 7.16. The Morgan fingerprint density at radius 1 is 0.628 bits per heavy atom. The van der Waals surface area contributed by atoms with Crippen LogP contribution in [-0.4, -0.2) is 59.1 Å². The molecule has 2 atom stereocenters. The van der Waals surface area contributed by atoms with E-state index in [4.69, 9.17) is 33.2 Å². The van der Waals surface area contributed by atoms with Crippen molar-refractivity contribution in [3.05, 3.63) is 53.6 Å². The monoisotopic (exact) mass is 602 g/mol. The maximum atomic E-state index is 13.3. The molecule has 2 aromatic carbocycles. The average Bonchev–Trinajstić information content (AvgIpc) is 3.00. The Morgan fingerprint density at radius 3 is 1.60 bits per heavy atom. The molecule has 0 aliphatic carbocycles. The van der Waals surface area contributed by atoms with E-state index >= 15 is 0 Å². The van der Waals surface area contributed by atoms with Crippen LogP contribution in [0.15, 0.2) is 42.5 Å². The number of hydrogen-bond acceptors (Lipinski definition) is 10. The number of carbonyl (C=O) groups is 3. The topological polar surface area (TPSA) is 116 Å². The number of esters is 3. The molecule has 0 fully saturated rings. The van der Waals surface area contributed by atoms with Gasteiger partial charge in [-0.3, -0.25) is 14.4 Å². The van der Waals surface area contributed by atoms with Gasteiger partial charge in [0.25, 0.3) is 0 Å². The summed E-state index contributed by atoms with van der Waals surface area (Å²) in [5.74, 6) is -0.233. The number of benzene rings is 2. The molecule has 238 valence electrons. The van der Waals surface area contributed by atoms with Gasteiger partial charge in [0.2, 0.25) is 0 Å². The maximum Gasteiger partial charge on any atom is 0.323 e. The van der Waals surface area contributed by atoms with E-state index in [2.05, 4.69) is 0 Å². The fourth-order valence-corrected chi connectivity index (χ4v) is 4.63. The molecule has 0 aromatic heterocycles. The zero-order chi connectivity index (χ0) is 32.2. The molecule has 0 radical (unpaired) electrons. The average molecular weight is 603 g/mol. The highest BCUT2D eigenvalue weighted by atomic mass is 16.6. The van der Waals surface area contributed by atoms with Crippen LogP contribution in [0.25, 0.3) is 0 Å². The first-order valence-corrected chi connectivity index (χ1v) is 14.4. The van der Waals surface area contributed by atoms with Gasteiger partial charge in [-0.25, -0.2) is 0 Å². The van der Waals surface area contributed by atoms with Crippen LogP contribution in [0.3, 0.4) is 0 Å². The molecular weight excluding hydrogens is 556 g/mol. The predicted molar refractivity (Wildman–Crippen MR) is 160 cm³/mol. The Morgan fingerprint density at radius 2 is 1.12 bits per heavy atom. The van der Waals surface area contributed by atoms with Crippen LogP contribution in [0.4, 0.5) is 0 Å². The quantitative estimate of drug-likeness (QED) is 0.121. The van der Waals surface area contributed by atoms with Crippen molar-refractivity contribution in [2.24, 2.45) is 10.8 Å². The fourth-order valence-electron chi connectivity index (χ4n) is 4.63. The summed E-state index contributed by atoms with van der Waals surface area (Å²) in [6.45, 7) is 10.6. The summed E-state index contributed by atoms with van der Waals surface area (Å²) >= 11 is 0. The lowest BCUT2D eigenvalue weighted by molar-refractivity contribution is -0.175. The van der Waals surface area contributed by atoms with Crippen molar-refractivity contribution in [2.75, 3.05) is 41.2 Å². The molecule has 43 heavy (non-hydrogen) atoms. The number of methoxy groups -OCH3 is 3. The van der Waals surface area contributed by atoms with Crippen LogP contribution >= 0.6 is 0 Å². The number of ether oxygens (including phenoxy) is 7. The highest BCUT2D eigenvalue weighted by Gasteiger charge is 2.47. The first-order chi connectivity index (χ1) is 20.4. The molecular formula is C33H46O10. The van der Waals surface area contributed by atoms with Crippen LogP contribution in [0.1, 0.15) is 77.7 Å². The lowest BCUT2D eigenvalue weighted by Gasteiger charge is -2.34. The van der Waals surface area contributed by atoms with Gasteiger partial charge in [0, 0.05) is 6.42 Å². The Labute approximate surface area is 254 Å². The van der Waals surface area contributed by atoms with Gasteiger partial charge in [0.15, 0.2) is 16.9 Å². The van der Waals surface area contributed by atoms with Crippen molar-refractivity contribution in [1.29, 1.82) is 0 Å². The molecule has 10 nitrogen and oxygen atoms in total. The Kier molecular flexibility index (Phi) is 13.3. The molecule has 2 rings (SSSR count). The first-order valence-electron chi connectivity index (χ1n) is 14.4.